The molecule has 1 amide bonds. The Kier molecular flexibility index (Phi) is 3.99. The first-order valence-corrected chi connectivity index (χ1v) is 8.60. The number of likely N-dealkylation sites (tertiary alicyclic amines) is 1. The first kappa shape index (κ1) is 15.8. The highest BCUT2D eigenvalue weighted by Crippen LogP contribution is 2.28. The summed E-state index contributed by atoms with van der Waals surface area (Å²) in [5.41, 5.74) is 3.50. The number of rotatable bonds is 2. The molecule has 3 aromatic rings. The Hall–Kier alpha value is -2.69. The van der Waals surface area contributed by atoms with Crippen LogP contribution in [0.4, 0.5) is 4.39 Å². The van der Waals surface area contributed by atoms with Gasteiger partial charge in [0.1, 0.15) is 5.82 Å². The van der Waals surface area contributed by atoms with Crippen LogP contribution in [0.5, 0.6) is 0 Å². The van der Waals surface area contributed by atoms with Crippen molar-refractivity contribution < 1.29 is 9.18 Å². The number of amides is 1. The number of hydrogen-bond donors (Lipinski definition) is 0. The largest absolute Gasteiger partial charge is 0.338 e. The number of aromatic nitrogens is 2. The van der Waals surface area contributed by atoms with E-state index in [1.54, 1.807) is 23.1 Å². The van der Waals surface area contributed by atoms with Gasteiger partial charge in [0.25, 0.3) is 5.91 Å². The Balaban J connectivity index is 1.50. The van der Waals surface area contributed by atoms with E-state index in [1.807, 2.05) is 12.4 Å². The first-order valence-electron chi connectivity index (χ1n) is 8.60. The van der Waals surface area contributed by atoms with Crippen LogP contribution in [-0.2, 0) is 0 Å². The predicted molar refractivity (Wildman–Crippen MR) is 95.0 cm³/mol. The van der Waals surface area contributed by atoms with Gasteiger partial charge in [0.15, 0.2) is 0 Å². The van der Waals surface area contributed by atoms with Crippen molar-refractivity contribution in [1.82, 2.24) is 14.5 Å². The van der Waals surface area contributed by atoms with E-state index in [-0.39, 0.29) is 11.5 Å². The Morgan fingerprint density at radius 3 is 2.68 bits per heavy atom. The molecule has 2 heterocycles. The van der Waals surface area contributed by atoms with Crippen molar-refractivity contribution >= 4 is 16.9 Å². The van der Waals surface area contributed by atoms with E-state index in [1.165, 1.54) is 11.6 Å². The average molecular weight is 337 g/mol. The molecule has 4 rings (SSSR count). The number of nitrogens with zero attached hydrogens (tertiary/aromatic N) is 3. The third-order valence-corrected chi connectivity index (χ3v) is 4.98. The van der Waals surface area contributed by atoms with Crippen molar-refractivity contribution in [2.75, 3.05) is 13.1 Å². The van der Waals surface area contributed by atoms with E-state index in [9.17, 15) is 9.18 Å². The lowest BCUT2D eigenvalue weighted by atomic mass is 10.0. The highest BCUT2D eigenvalue weighted by atomic mass is 19.1. The number of aryl methyl sites for hydroxylation is 1. The summed E-state index contributed by atoms with van der Waals surface area (Å²) in [5, 5.41) is 0. The van der Waals surface area contributed by atoms with Crippen molar-refractivity contribution in [2.45, 2.75) is 25.8 Å². The summed E-state index contributed by atoms with van der Waals surface area (Å²) in [5.74, 6) is -0.673. The van der Waals surface area contributed by atoms with Gasteiger partial charge in [-0.25, -0.2) is 9.37 Å². The summed E-state index contributed by atoms with van der Waals surface area (Å²) in [6.45, 7) is 3.33. The zero-order valence-corrected chi connectivity index (χ0v) is 14.2. The van der Waals surface area contributed by atoms with Gasteiger partial charge >= 0.3 is 0 Å². The van der Waals surface area contributed by atoms with E-state index < -0.39 is 5.82 Å². The smallest absolute Gasteiger partial charge is 0.256 e. The number of carbonyl (C=O) groups excluding carboxylic acids is 1. The third kappa shape index (κ3) is 2.90. The number of fused-ring (bicyclic) bond motifs is 1. The van der Waals surface area contributed by atoms with Gasteiger partial charge in [-0.1, -0.05) is 18.2 Å². The molecule has 0 radical (unpaired) electrons. The number of imidazole rings is 1. The second kappa shape index (κ2) is 6.31. The molecule has 128 valence electrons. The fraction of sp³-hybridized carbons (Fsp3) is 0.300. The van der Waals surface area contributed by atoms with Gasteiger partial charge in [-0.05, 0) is 49.6 Å². The van der Waals surface area contributed by atoms with Crippen LogP contribution >= 0.6 is 0 Å². The molecule has 25 heavy (non-hydrogen) atoms. The molecule has 0 N–H and O–H groups in total. The molecule has 0 spiro atoms. The van der Waals surface area contributed by atoms with Gasteiger partial charge in [0, 0.05) is 19.1 Å². The summed E-state index contributed by atoms with van der Waals surface area (Å²) in [4.78, 5) is 18.8. The molecule has 0 bridgehead atoms. The Bertz CT molecular complexity index is 926. The van der Waals surface area contributed by atoms with E-state index >= 15 is 0 Å². The summed E-state index contributed by atoms with van der Waals surface area (Å²) in [6.07, 6.45) is 3.59. The van der Waals surface area contributed by atoms with Crippen LogP contribution in [-0.4, -0.2) is 33.4 Å². The van der Waals surface area contributed by atoms with Gasteiger partial charge in [-0.15, -0.1) is 0 Å². The molecule has 0 aliphatic carbocycles. The molecule has 5 heteroatoms. The van der Waals surface area contributed by atoms with Crippen molar-refractivity contribution in [3.8, 4) is 0 Å². The lowest BCUT2D eigenvalue weighted by Gasteiger charge is -2.33. The van der Waals surface area contributed by atoms with Crippen LogP contribution in [0.3, 0.4) is 0 Å². The van der Waals surface area contributed by atoms with Gasteiger partial charge in [-0.3, -0.25) is 4.79 Å². The highest BCUT2D eigenvalue weighted by molar-refractivity contribution is 5.94. The van der Waals surface area contributed by atoms with E-state index in [0.29, 0.717) is 19.1 Å². The van der Waals surface area contributed by atoms with Crippen LogP contribution in [0.25, 0.3) is 11.0 Å². The van der Waals surface area contributed by atoms with Gasteiger partial charge in [0.2, 0.25) is 0 Å². The van der Waals surface area contributed by atoms with Crippen LogP contribution in [0.2, 0.25) is 0 Å². The zero-order valence-electron chi connectivity index (χ0n) is 14.2. The minimum Gasteiger partial charge on any atom is -0.338 e. The number of benzene rings is 2. The van der Waals surface area contributed by atoms with Crippen LogP contribution < -0.4 is 0 Å². The molecule has 0 unspecified atom stereocenters. The second-order valence-corrected chi connectivity index (χ2v) is 6.65. The molecule has 2 aromatic carbocycles. The normalized spacial score (nSPS) is 15.7. The maximum atomic E-state index is 13.8. The fourth-order valence-electron chi connectivity index (χ4n) is 3.58. The minimum absolute atomic E-state index is 0.157. The van der Waals surface area contributed by atoms with E-state index in [2.05, 4.69) is 28.6 Å². The Morgan fingerprint density at radius 1 is 1.16 bits per heavy atom. The lowest BCUT2D eigenvalue weighted by molar-refractivity contribution is 0.0691. The second-order valence-electron chi connectivity index (χ2n) is 6.65. The van der Waals surface area contributed by atoms with Crippen molar-refractivity contribution in [3.05, 3.63) is 65.7 Å². The van der Waals surface area contributed by atoms with Gasteiger partial charge in [-0.2, -0.15) is 0 Å². The number of hydrogen-bond acceptors (Lipinski definition) is 2. The summed E-state index contributed by atoms with van der Waals surface area (Å²) < 4.78 is 16.1. The molecule has 1 aliphatic heterocycles. The molecule has 1 aromatic heterocycles. The maximum absolute atomic E-state index is 13.8. The predicted octanol–water partition coefficient (Wildman–Crippen LogP) is 3.96. The van der Waals surface area contributed by atoms with Crippen LogP contribution in [0.1, 0.15) is 34.8 Å². The summed E-state index contributed by atoms with van der Waals surface area (Å²) in [7, 11) is 0. The quantitative estimate of drug-likeness (QED) is 0.710. The van der Waals surface area contributed by atoms with E-state index in [4.69, 9.17) is 0 Å². The molecular weight excluding hydrogens is 317 g/mol. The van der Waals surface area contributed by atoms with E-state index in [0.717, 1.165) is 23.9 Å². The minimum atomic E-state index is -0.453. The summed E-state index contributed by atoms with van der Waals surface area (Å²) in [6, 6.07) is 12.8. The Labute approximate surface area is 145 Å². The van der Waals surface area contributed by atoms with Gasteiger partial charge < -0.3 is 9.47 Å². The molecular formula is C20H20FN3O. The molecule has 1 fully saturated rings. The number of piperidine rings is 1. The monoisotopic (exact) mass is 337 g/mol. The summed E-state index contributed by atoms with van der Waals surface area (Å²) >= 11 is 0. The highest BCUT2D eigenvalue weighted by Gasteiger charge is 2.26. The first-order chi connectivity index (χ1) is 12.1. The van der Waals surface area contributed by atoms with Crippen molar-refractivity contribution in [1.29, 1.82) is 0 Å². The zero-order chi connectivity index (χ0) is 17.4. The standard InChI is InChI=1S/C20H20FN3O/c1-14-6-7-18-19(12-14)24(13-22-18)15-8-10-23(11-9-15)20(25)16-4-2-3-5-17(16)21/h2-7,12-13,15H,8-11H2,1H3. The van der Waals surface area contributed by atoms with Crippen molar-refractivity contribution in [2.24, 2.45) is 0 Å². The number of halogens is 1. The SMILES string of the molecule is Cc1ccc2ncn(C3CCN(C(=O)c4ccccc4F)CC3)c2c1. The fourth-order valence-corrected chi connectivity index (χ4v) is 3.58. The molecule has 1 aliphatic rings. The van der Waals surface area contributed by atoms with Gasteiger partial charge in [0.05, 0.1) is 22.9 Å². The Morgan fingerprint density at radius 2 is 1.92 bits per heavy atom. The topological polar surface area (TPSA) is 38.1 Å². The maximum Gasteiger partial charge on any atom is 0.256 e. The average Bonchev–Trinajstić information content (AvgIpc) is 3.05. The molecule has 0 atom stereocenters. The third-order valence-electron chi connectivity index (χ3n) is 4.98. The van der Waals surface area contributed by atoms with Crippen molar-refractivity contribution in [3.63, 3.8) is 0 Å². The number of carbonyl (C=O) groups is 1. The van der Waals surface area contributed by atoms with Crippen LogP contribution in [0.15, 0.2) is 48.8 Å². The van der Waals surface area contributed by atoms with Crippen LogP contribution in [0, 0.1) is 12.7 Å². The molecule has 1 saturated heterocycles. The molecule has 0 saturated carbocycles. The molecule has 4 nitrogen and oxygen atoms in total. The lowest BCUT2D eigenvalue weighted by Crippen LogP contribution is -2.39.